The molecule has 5 nitrogen and oxygen atoms in total. The summed E-state index contributed by atoms with van der Waals surface area (Å²) in [6.45, 7) is 3.74. The number of carbonyl (C=O) groups excluding carboxylic acids is 2. The summed E-state index contributed by atoms with van der Waals surface area (Å²) in [4.78, 5) is 23.1. The molecule has 1 aliphatic rings. The van der Waals surface area contributed by atoms with Gasteiger partial charge in [-0.05, 0) is 26.7 Å². The lowest BCUT2D eigenvalue weighted by molar-refractivity contribution is -0.130. The molecule has 16 heavy (non-hydrogen) atoms. The van der Waals surface area contributed by atoms with Crippen molar-refractivity contribution in [1.29, 1.82) is 5.26 Å². The van der Waals surface area contributed by atoms with Crippen molar-refractivity contribution in [3.8, 4) is 6.07 Å². The minimum absolute atomic E-state index is 0.130. The highest BCUT2D eigenvalue weighted by molar-refractivity contribution is 5.89. The third-order valence-corrected chi connectivity index (χ3v) is 2.93. The number of nitrogens with one attached hydrogen (secondary N) is 2. The van der Waals surface area contributed by atoms with Crippen LogP contribution in [0.1, 0.15) is 26.7 Å². The summed E-state index contributed by atoms with van der Waals surface area (Å²) in [7, 11) is 1.56. The fraction of sp³-hybridized carbons (Fsp3) is 0.727. The van der Waals surface area contributed by atoms with Gasteiger partial charge in [0.05, 0.1) is 11.5 Å². The molecule has 2 N–H and O–H groups in total. The molecule has 0 radical (unpaired) electrons. The maximum absolute atomic E-state index is 11.7. The van der Waals surface area contributed by atoms with Crippen LogP contribution in [-0.2, 0) is 9.59 Å². The van der Waals surface area contributed by atoms with E-state index >= 15 is 0 Å². The second-order valence-electron chi connectivity index (χ2n) is 4.84. The smallest absolute Gasteiger partial charge is 0.240 e. The van der Waals surface area contributed by atoms with E-state index in [1.807, 2.05) is 6.07 Å². The Kier molecular flexibility index (Phi) is 3.22. The number of nitriles is 1. The lowest BCUT2D eigenvalue weighted by Crippen LogP contribution is -2.45. The fourth-order valence-electron chi connectivity index (χ4n) is 1.40. The molecule has 2 amide bonds. The summed E-state index contributed by atoms with van der Waals surface area (Å²) < 4.78 is 0. The Morgan fingerprint density at radius 2 is 2.00 bits per heavy atom. The van der Waals surface area contributed by atoms with E-state index in [1.165, 1.54) is 0 Å². The Morgan fingerprint density at radius 1 is 1.44 bits per heavy atom. The molecule has 0 aromatic carbocycles. The topological polar surface area (TPSA) is 82.0 Å². The van der Waals surface area contributed by atoms with Crippen molar-refractivity contribution in [2.24, 2.45) is 10.8 Å². The Bertz CT molecular complexity index is 351. The van der Waals surface area contributed by atoms with Gasteiger partial charge in [0.15, 0.2) is 0 Å². The molecule has 0 aromatic heterocycles. The monoisotopic (exact) mass is 223 g/mol. The quantitative estimate of drug-likeness (QED) is 0.713. The second kappa shape index (κ2) is 4.12. The van der Waals surface area contributed by atoms with E-state index < -0.39 is 10.8 Å². The van der Waals surface area contributed by atoms with Crippen LogP contribution in [0, 0.1) is 22.2 Å². The molecule has 5 heteroatoms. The van der Waals surface area contributed by atoms with Crippen molar-refractivity contribution >= 4 is 11.8 Å². The molecule has 0 aliphatic heterocycles. The predicted molar refractivity (Wildman–Crippen MR) is 58.1 cm³/mol. The summed E-state index contributed by atoms with van der Waals surface area (Å²) in [6.07, 6.45) is 1.24. The van der Waals surface area contributed by atoms with Gasteiger partial charge in [-0.3, -0.25) is 9.59 Å². The van der Waals surface area contributed by atoms with Gasteiger partial charge in [-0.15, -0.1) is 0 Å². The number of hydrogen-bond acceptors (Lipinski definition) is 3. The van der Waals surface area contributed by atoms with Crippen LogP contribution in [0.2, 0.25) is 0 Å². The van der Waals surface area contributed by atoms with E-state index in [0.717, 1.165) is 0 Å². The normalized spacial score (nSPS) is 17.1. The predicted octanol–water partition coefficient (Wildman–Crippen LogP) is 0.179. The molecule has 1 aliphatic carbocycles. The number of amides is 2. The van der Waals surface area contributed by atoms with Gasteiger partial charge in [0.2, 0.25) is 11.8 Å². The Hall–Kier alpha value is -1.57. The number of nitrogens with zero attached hydrogens (tertiary/aromatic N) is 1. The first-order chi connectivity index (χ1) is 7.38. The second-order valence-corrected chi connectivity index (χ2v) is 4.84. The van der Waals surface area contributed by atoms with E-state index in [4.69, 9.17) is 5.26 Å². The summed E-state index contributed by atoms with van der Waals surface area (Å²) in [6, 6.07) is 2.02. The molecule has 1 rings (SSSR count). The highest BCUT2D eigenvalue weighted by atomic mass is 16.2. The van der Waals surface area contributed by atoms with Gasteiger partial charge in [0.25, 0.3) is 0 Å². The maximum atomic E-state index is 11.7. The van der Waals surface area contributed by atoms with E-state index in [1.54, 1.807) is 20.9 Å². The van der Waals surface area contributed by atoms with Crippen molar-refractivity contribution in [1.82, 2.24) is 10.6 Å². The molecular formula is C11H17N3O2. The molecule has 0 aromatic rings. The standard InChI is InChI=1S/C11H17N3O2/c1-10(2,8(15)13-3)7-14-9(16)11(6-12)4-5-11/h4-5,7H2,1-3H3,(H,13,15)(H,14,16). The zero-order valence-electron chi connectivity index (χ0n) is 9.89. The van der Waals surface area contributed by atoms with Crippen LogP contribution in [0.4, 0.5) is 0 Å². The van der Waals surface area contributed by atoms with Crippen molar-refractivity contribution in [3.63, 3.8) is 0 Å². The van der Waals surface area contributed by atoms with Crippen LogP contribution in [0.3, 0.4) is 0 Å². The van der Waals surface area contributed by atoms with Crippen molar-refractivity contribution in [2.75, 3.05) is 13.6 Å². The van der Waals surface area contributed by atoms with Crippen molar-refractivity contribution in [2.45, 2.75) is 26.7 Å². The van der Waals surface area contributed by atoms with Crippen LogP contribution < -0.4 is 10.6 Å². The molecule has 1 fully saturated rings. The maximum Gasteiger partial charge on any atom is 0.240 e. The summed E-state index contributed by atoms with van der Waals surface area (Å²) >= 11 is 0. The zero-order chi connectivity index (χ0) is 12.4. The lowest BCUT2D eigenvalue weighted by Gasteiger charge is -2.23. The van der Waals surface area contributed by atoms with E-state index in [0.29, 0.717) is 12.8 Å². The highest BCUT2D eigenvalue weighted by Crippen LogP contribution is 2.45. The van der Waals surface area contributed by atoms with E-state index in [-0.39, 0.29) is 18.4 Å². The molecule has 1 saturated carbocycles. The first-order valence-electron chi connectivity index (χ1n) is 5.30. The van der Waals surface area contributed by atoms with Crippen LogP contribution in [0.25, 0.3) is 0 Å². The SMILES string of the molecule is CNC(=O)C(C)(C)CNC(=O)C1(C#N)CC1. The first-order valence-corrected chi connectivity index (χ1v) is 5.30. The minimum Gasteiger partial charge on any atom is -0.359 e. The zero-order valence-corrected chi connectivity index (χ0v) is 9.89. The van der Waals surface area contributed by atoms with Gasteiger partial charge in [-0.1, -0.05) is 0 Å². The number of carbonyl (C=O) groups is 2. The van der Waals surface area contributed by atoms with Crippen LogP contribution >= 0.6 is 0 Å². The van der Waals surface area contributed by atoms with Gasteiger partial charge in [0.1, 0.15) is 5.41 Å². The Morgan fingerprint density at radius 3 is 2.38 bits per heavy atom. The van der Waals surface area contributed by atoms with Crippen LogP contribution in [0.5, 0.6) is 0 Å². The third kappa shape index (κ3) is 2.32. The average molecular weight is 223 g/mol. The van der Waals surface area contributed by atoms with Gasteiger partial charge >= 0.3 is 0 Å². The molecule has 0 heterocycles. The van der Waals surface area contributed by atoms with Crippen LogP contribution in [0.15, 0.2) is 0 Å². The highest BCUT2D eigenvalue weighted by Gasteiger charge is 2.50. The average Bonchev–Trinajstić information content (AvgIpc) is 3.05. The third-order valence-electron chi connectivity index (χ3n) is 2.93. The molecule has 0 unspecified atom stereocenters. The van der Waals surface area contributed by atoms with Gasteiger partial charge in [0, 0.05) is 13.6 Å². The first kappa shape index (κ1) is 12.5. The lowest BCUT2D eigenvalue weighted by atomic mass is 9.92. The Labute approximate surface area is 95.2 Å². The Balaban J connectivity index is 2.50. The van der Waals surface area contributed by atoms with Crippen molar-refractivity contribution in [3.05, 3.63) is 0 Å². The number of hydrogen-bond donors (Lipinski definition) is 2. The largest absolute Gasteiger partial charge is 0.359 e. The summed E-state index contributed by atoms with van der Waals surface area (Å²) in [5.41, 5.74) is -1.48. The number of rotatable bonds is 4. The van der Waals surface area contributed by atoms with Gasteiger partial charge < -0.3 is 10.6 Å². The van der Waals surface area contributed by atoms with Crippen molar-refractivity contribution < 1.29 is 9.59 Å². The molecule has 0 bridgehead atoms. The van der Waals surface area contributed by atoms with Crippen LogP contribution in [-0.4, -0.2) is 25.4 Å². The van der Waals surface area contributed by atoms with E-state index in [9.17, 15) is 9.59 Å². The minimum atomic E-state index is -0.821. The summed E-state index contributed by atoms with van der Waals surface area (Å²) in [5, 5.41) is 14.0. The molecule has 0 spiro atoms. The van der Waals surface area contributed by atoms with Gasteiger partial charge in [-0.2, -0.15) is 5.26 Å². The molecule has 0 atom stereocenters. The molecular weight excluding hydrogens is 206 g/mol. The fourth-order valence-corrected chi connectivity index (χ4v) is 1.40. The molecule has 88 valence electrons. The molecule has 0 saturated heterocycles. The summed E-state index contributed by atoms with van der Waals surface area (Å²) in [5.74, 6) is -0.387. The van der Waals surface area contributed by atoms with E-state index in [2.05, 4.69) is 10.6 Å². The van der Waals surface area contributed by atoms with Gasteiger partial charge in [-0.25, -0.2) is 0 Å².